The Morgan fingerprint density at radius 1 is 0.769 bits per heavy atom. The van der Waals surface area contributed by atoms with E-state index >= 15 is 0 Å². The molecule has 1 nitrogen and oxygen atoms in total. The summed E-state index contributed by atoms with van der Waals surface area (Å²) >= 11 is 0. The quantitative estimate of drug-likeness (QED) is 0.613. The molecule has 2 rings (SSSR count). The summed E-state index contributed by atoms with van der Waals surface area (Å²) in [5, 5.41) is 8.32. The fourth-order valence-corrected chi connectivity index (χ4v) is 0.480. The number of hydrogen-bond donors (Lipinski definition) is 1. The molecule has 0 bridgehead atoms. The maximum atomic E-state index is 8.32. The first-order chi connectivity index (χ1) is 5.93. The second kappa shape index (κ2) is 9.05. The van der Waals surface area contributed by atoms with Crippen molar-refractivity contribution in [2.75, 3.05) is 6.61 Å². The van der Waals surface area contributed by atoms with Gasteiger partial charge in [0.15, 0.2) is 0 Å². The Kier molecular flexibility index (Phi) is 9.38. The molecule has 2 aliphatic rings. The predicted molar refractivity (Wildman–Crippen MR) is 39.5 cm³/mol. The Bertz CT molecular complexity index is 88.7. The molecule has 61 valence electrons. The van der Waals surface area contributed by atoms with Gasteiger partial charge in [0.2, 0.25) is 0 Å². The van der Waals surface area contributed by atoms with Gasteiger partial charge < -0.3 is 5.11 Å². The van der Waals surface area contributed by atoms with Gasteiger partial charge in [-0.2, -0.15) is 0 Å². The summed E-state index contributed by atoms with van der Waals surface area (Å²) in [6, 6.07) is 0. The van der Waals surface area contributed by atoms with Gasteiger partial charge in [-0.3, -0.25) is 0 Å². The first-order valence-electron chi connectivity index (χ1n) is 3.17. The molecule has 19 radical (unpaired) electrons. The van der Waals surface area contributed by atoms with Gasteiger partial charge in [-0.05, 0) is 0 Å². The van der Waals surface area contributed by atoms with Gasteiger partial charge in [0.25, 0.3) is 0 Å². The molecule has 2 fully saturated rings. The molecule has 0 saturated heterocycles. The van der Waals surface area contributed by atoms with E-state index in [9.17, 15) is 0 Å². The SMILES string of the molecule is OC[C]1[C][C][C][C]1.[C]1[C][C][C][C]1.[Fe]. The van der Waals surface area contributed by atoms with Crippen LogP contribution in [0.15, 0.2) is 0 Å². The molecular formula is C11H3FeO. The van der Waals surface area contributed by atoms with E-state index in [0.29, 0.717) is 5.92 Å². The molecule has 2 heteroatoms. The van der Waals surface area contributed by atoms with Crippen LogP contribution in [0.5, 0.6) is 0 Å². The predicted octanol–water partition coefficient (Wildman–Crippen LogP) is 0.296. The smallest absolute Gasteiger partial charge is 0.0506 e. The minimum absolute atomic E-state index is 0. The van der Waals surface area contributed by atoms with Crippen LogP contribution in [0.4, 0.5) is 0 Å². The molecule has 0 heterocycles. The number of rotatable bonds is 1. The molecule has 0 aliphatic heterocycles. The third kappa shape index (κ3) is 6.54. The van der Waals surface area contributed by atoms with Crippen LogP contribution in [0.3, 0.4) is 0 Å². The zero-order chi connectivity index (χ0) is 8.65. The first-order valence-corrected chi connectivity index (χ1v) is 3.17. The van der Waals surface area contributed by atoms with Crippen molar-refractivity contribution in [3.05, 3.63) is 63.7 Å². The maximum absolute atomic E-state index is 8.32. The summed E-state index contributed by atoms with van der Waals surface area (Å²) in [4.78, 5) is 0. The Balaban J connectivity index is 0.000000215. The van der Waals surface area contributed by atoms with Crippen LogP contribution in [-0.2, 0) is 17.1 Å². The Labute approximate surface area is 92.8 Å². The first kappa shape index (κ1) is 13.5. The van der Waals surface area contributed by atoms with Crippen molar-refractivity contribution in [3.8, 4) is 0 Å². The van der Waals surface area contributed by atoms with Gasteiger partial charge in [-0.25, -0.2) is 0 Å². The fourth-order valence-electron chi connectivity index (χ4n) is 0.480. The molecule has 0 aromatic heterocycles. The van der Waals surface area contributed by atoms with Crippen molar-refractivity contribution in [2.24, 2.45) is 0 Å². The molecular weight excluding hydrogens is 204 g/mol. The van der Waals surface area contributed by atoms with Crippen molar-refractivity contribution >= 4 is 0 Å². The van der Waals surface area contributed by atoms with Gasteiger partial charge in [-0.15, -0.1) is 0 Å². The minimum atomic E-state index is -0.0139. The van der Waals surface area contributed by atoms with Crippen LogP contribution in [0, 0.1) is 63.7 Å². The van der Waals surface area contributed by atoms with E-state index in [2.05, 4.69) is 57.8 Å². The van der Waals surface area contributed by atoms with Crippen molar-refractivity contribution in [1.29, 1.82) is 0 Å². The third-order valence-corrected chi connectivity index (χ3v) is 0.960. The van der Waals surface area contributed by atoms with Crippen molar-refractivity contribution in [2.45, 2.75) is 0 Å². The van der Waals surface area contributed by atoms with Gasteiger partial charge in [0.05, 0.1) is 6.61 Å². The van der Waals surface area contributed by atoms with Crippen molar-refractivity contribution < 1.29 is 22.2 Å². The molecule has 0 amide bonds. The summed E-state index contributed by atoms with van der Waals surface area (Å²) in [5.74, 6) is 0.625. The van der Waals surface area contributed by atoms with E-state index in [1.54, 1.807) is 0 Å². The summed E-state index contributed by atoms with van der Waals surface area (Å²) in [5.41, 5.74) is 0. The van der Waals surface area contributed by atoms with E-state index in [0.717, 1.165) is 0 Å². The van der Waals surface area contributed by atoms with Crippen LogP contribution in [0.2, 0.25) is 0 Å². The average molecular weight is 207 g/mol. The standard InChI is InChI=1S/C6H3O.C5.Fe/c7-5-6-3-1-2-4-6;1-2-4-5-3-1;/h7H,5H2;;. The Hall–Kier alpha value is 0.479. The summed E-state index contributed by atoms with van der Waals surface area (Å²) in [6.07, 6.45) is 22.7. The molecule has 0 aromatic carbocycles. The summed E-state index contributed by atoms with van der Waals surface area (Å²) in [6.45, 7) is -0.0139. The second-order valence-corrected chi connectivity index (χ2v) is 1.76. The maximum Gasteiger partial charge on any atom is 0.0506 e. The minimum Gasteiger partial charge on any atom is -0.396 e. The fraction of sp³-hybridized carbons (Fsp3) is 0.0909. The molecule has 13 heavy (non-hydrogen) atoms. The van der Waals surface area contributed by atoms with Gasteiger partial charge in [-0.1, -0.05) is 0 Å². The molecule has 2 aliphatic carbocycles. The summed E-state index contributed by atoms with van der Waals surface area (Å²) < 4.78 is 0. The number of hydrogen-bond acceptors (Lipinski definition) is 1. The van der Waals surface area contributed by atoms with Gasteiger partial charge >= 0.3 is 0 Å². The number of aliphatic hydroxyl groups excluding tert-OH is 1. The van der Waals surface area contributed by atoms with E-state index in [-0.39, 0.29) is 23.7 Å². The zero-order valence-corrected chi connectivity index (χ0v) is 7.61. The van der Waals surface area contributed by atoms with E-state index in [4.69, 9.17) is 5.11 Å². The van der Waals surface area contributed by atoms with E-state index < -0.39 is 0 Å². The van der Waals surface area contributed by atoms with Crippen LogP contribution >= 0.6 is 0 Å². The number of aliphatic hydroxyl groups is 1. The van der Waals surface area contributed by atoms with Crippen LogP contribution < -0.4 is 0 Å². The topological polar surface area (TPSA) is 20.2 Å². The molecule has 0 aromatic rings. The van der Waals surface area contributed by atoms with Gasteiger partial charge in [0.1, 0.15) is 0 Å². The van der Waals surface area contributed by atoms with Crippen LogP contribution in [-0.4, -0.2) is 11.7 Å². The molecule has 0 atom stereocenters. The Morgan fingerprint density at radius 3 is 1.38 bits per heavy atom. The van der Waals surface area contributed by atoms with Crippen LogP contribution in [0.25, 0.3) is 0 Å². The molecule has 2 saturated carbocycles. The van der Waals surface area contributed by atoms with Crippen LogP contribution in [0.1, 0.15) is 0 Å². The van der Waals surface area contributed by atoms with Crippen molar-refractivity contribution in [1.82, 2.24) is 0 Å². The zero-order valence-electron chi connectivity index (χ0n) is 6.51. The van der Waals surface area contributed by atoms with E-state index in [1.165, 1.54) is 0 Å². The Morgan fingerprint density at radius 2 is 1.15 bits per heavy atom. The van der Waals surface area contributed by atoms with Crippen molar-refractivity contribution in [3.63, 3.8) is 0 Å². The largest absolute Gasteiger partial charge is 0.396 e. The average Bonchev–Trinajstić information content (AvgIpc) is 2.81. The van der Waals surface area contributed by atoms with Gasteiger partial charge in [0, 0.05) is 80.8 Å². The molecule has 0 spiro atoms. The summed E-state index contributed by atoms with van der Waals surface area (Å²) in [7, 11) is 0. The third-order valence-electron chi connectivity index (χ3n) is 0.960. The second-order valence-electron chi connectivity index (χ2n) is 1.76. The molecule has 0 unspecified atom stereocenters. The normalized spacial score (nSPS) is 21.9. The van der Waals surface area contributed by atoms with E-state index in [1.807, 2.05) is 0 Å². The monoisotopic (exact) mass is 207 g/mol. The molecule has 1 N–H and O–H groups in total.